The summed E-state index contributed by atoms with van der Waals surface area (Å²) < 4.78 is 77.2. The van der Waals surface area contributed by atoms with Gasteiger partial charge < -0.3 is 14.0 Å². The molecule has 8 nitrogen and oxygen atoms in total. The van der Waals surface area contributed by atoms with Crippen molar-refractivity contribution in [3.63, 3.8) is 0 Å². The minimum absolute atomic E-state index is 0.00521. The number of carbonyl (C=O) groups is 1. The molecular weight excluding hydrogens is 676 g/mol. The maximum absolute atomic E-state index is 13.4. The second-order valence-electron chi connectivity index (χ2n) is 10.7. The van der Waals surface area contributed by atoms with Crippen LogP contribution in [-0.2, 0) is 25.8 Å². The molecule has 5 rings (SSSR count). The third-order valence-electron chi connectivity index (χ3n) is 7.63. The fourth-order valence-electron chi connectivity index (χ4n) is 5.53. The number of ether oxygens (including phenoxy) is 1. The summed E-state index contributed by atoms with van der Waals surface area (Å²) in [6.45, 7) is 0. The summed E-state index contributed by atoms with van der Waals surface area (Å²) in [5.41, 5.74) is 2.42. The van der Waals surface area contributed by atoms with Crippen molar-refractivity contribution in [2.75, 3.05) is 5.32 Å². The summed E-state index contributed by atoms with van der Waals surface area (Å²) in [5.74, 6) is -0.302. The van der Waals surface area contributed by atoms with Gasteiger partial charge >= 0.3 is 130 Å². The van der Waals surface area contributed by atoms with Gasteiger partial charge in [-0.25, -0.2) is 0 Å². The summed E-state index contributed by atoms with van der Waals surface area (Å²) in [7, 11) is -4.34. The van der Waals surface area contributed by atoms with Gasteiger partial charge in [-0.2, -0.15) is 21.6 Å². The summed E-state index contributed by atoms with van der Waals surface area (Å²) in [6.07, 6.45) is -3.17. The Bertz CT molecular complexity index is 1700. The topological polar surface area (TPSA) is 126 Å². The Hall–Kier alpha value is -3.82. The van der Waals surface area contributed by atoms with Crippen LogP contribution in [0.15, 0.2) is 72.8 Å². The number of nitriles is 1. The van der Waals surface area contributed by atoms with E-state index in [2.05, 4.69) is 10.3 Å². The Morgan fingerprint density at radius 3 is 2.27 bits per heavy atom. The summed E-state index contributed by atoms with van der Waals surface area (Å²) >= 11 is -0.00521. The van der Waals surface area contributed by atoms with Crippen molar-refractivity contribution in [2.24, 2.45) is 0 Å². The van der Waals surface area contributed by atoms with Crippen LogP contribution in [0.3, 0.4) is 0 Å². The van der Waals surface area contributed by atoms with Crippen molar-refractivity contribution >= 4 is 47.8 Å². The number of carbonyl (C=O) groups excluding carboxylic acids is 1. The first-order valence-electron chi connectivity index (χ1n) is 14.2. The summed E-state index contributed by atoms with van der Waals surface area (Å²) in [4.78, 5) is 14.6. The molecule has 0 saturated carbocycles. The van der Waals surface area contributed by atoms with Gasteiger partial charge in [0, 0.05) is 6.42 Å². The molecule has 1 saturated heterocycles. The predicted molar refractivity (Wildman–Crippen MR) is 163 cm³/mol. The normalized spacial score (nSPS) is 19.4. The molecule has 13 heteroatoms. The molecule has 2 aliphatic heterocycles. The van der Waals surface area contributed by atoms with Crippen molar-refractivity contribution in [3.8, 4) is 16.5 Å². The number of fused-ring (bicyclic) bond motifs is 2. The van der Waals surface area contributed by atoms with Crippen LogP contribution in [0.25, 0.3) is 11.1 Å². The predicted octanol–water partition coefficient (Wildman–Crippen LogP) is 6.37. The van der Waals surface area contributed by atoms with E-state index in [0.717, 1.165) is 60.0 Å². The maximum atomic E-state index is 13.4. The number of rotatable bonds is 12. The number of phenolic OH excluding ortho intramolecular Hbond substituents is 1. The number of unbranched alkanes of at least 4 members (excludes halogenated alkanes) is 2. The fourth-order valence-corrected chi connectivity index (χ4v) is 7.87. The average molecular weight is 706 g/mol. The molecule has 236 valence electrons. The second kappa shape index (κ2) is 13.7. The van der Waals surface area contributed by atoms with Crippen LogP contribution in [0.4, 0.5) is 18.9 Å². The number of nitrogens with zero attached hydrogens (tertiary/aromatic N) is 1. The fraction of sp³-hybridized carbons (Fsp3) is 0.312. The first-order valence-corrected chi connectivity index (χ1v) is 17.7. The van der Waals surface area contributed by atoms with Crippen molar-refractivity contribution in [1.82, 2.24) is 0 Å². The van der Waals surface area contributed by atoms with E-state index in [4.69, 9.17) is 14.2 Å². The zero-order valence-corrected chi connectivity index (χ0v) is 26.3. The number of anilines is 1. The van der Waals surface area contributed by atoms with Gasteiger partial charge in [0.2, 0.25) is 0 Å². The Morgan fingerprint density at radius 1 is 0.978 bits per heavy atom. The number of amides is 1. The van der Waals surface area contributed by atoms with Gasteiger partial charge in [-0.1, -0.05) is 12.1 Å². The zero-order valence-electron chi connectivity index (χ0n) is 23.8. The van der Waals surface area contributed by atoms with Gasteiger partial charge in [-0.15, -0.1) is 0 Å². The minimum atomic E-state index is -4.57. The van der Waals surface area contributed by atoms with Gasteiger partial charge in [0.05, 0.1) is 11.7 Å². The molecule has 45 heavy (non-hydrogen) atoms. The molecule has 3 unspecified atom stereocenters. The second-order valence-corrected chi connectivity index (χ2v) is 14.3. The number of hydrogen-bond acceptors (Lipinski definition) is 7. The number of alkyl halides is 3. The summed E-state index contributed by atoms with van der Waals surface area (Å²) in [6, 6.07) is 16.9. The van der Waals surface area contributed by atoms with Gasteiger partial charge in [0.15, 0.2) is 0 Å². The van der Waals surface area contributed by atoms with E-state index >= 15 is 0 Å². The standard InChI is InChI=1S/C32H29F3N2O6SSe/c33-32(34,35)22-9-15-25(16-10-22)43-44(40,41)27-18-26-29(20-7-13-24(38)14-8-20)30(31(27)42-26)21-5-11-23(12-6-21)37-28(39)4-2-1-3-17-45-19-36/h5-16,26-27,31,38H,1-4,17-18H2,(H,37,39). The van der Waals surface area contributed by atoms with Gasteiger partial charge in [0.25, 0.3) is 0 Å². The first kappa shape index (κ1) is 32.6. The Balaban J connectivity index is 1.36. The van der Waals surface area contributed by atoms with Crippen LogP contribution >= 0.6 is 0 Å². The SMILES string of the molecule is N#C[Se]CCCCCC(=O)Nc1ccc(C2=C(c3ccc(O)cc3)C3CC(S(=O)(=O)Oc4ccc(C(F)(F)F)cc4)C2O3)cc1. The third kappa shape index (κ3) is 7.71. The third-order valence-corrected chi connectivity index (χ3v) is 10.5. The monoisotopic (exact) mass is 706 g/mol. The first-order chi connectivity index (χ1) is 21.5. The molecule has 2 aliphatic rings. The molecule has 3 aromatic carbocycles. The van der Waals surface area contributed by atoms with E-state index in [-0.39, 0.29) is 38.8 Å². The van der Waals surface area contributed by atoms with E-state index in [0.29, 0.717) is 23.2 Å². The molecule has 3 aromatic rings. The van der Waals surface area contributed by atoms with E-state index < -0.39 is 39.3 Å². The Kier molecular flexibility index (Phi) is 9.89. The number of halogens is 3. The molecule has 0 aromatic heterocycles. The molecule has 0 radical (unpaired) electrons. The molecule has 0 spiro atoms. The van der Waals surface area contributed by atoms with Crippen molar-refractivity contribution in [2.45, 2.75) is 61.1 Å². The van der Waals surface area contributed by atoms with E-state index in [1.165, 1.54) is 12.1 Å². The average Bonchev–Trinajstić information content (AvgIpc) is 3.60. The van der Waals surface area contributed by atoms with Crippen LogP contribution in [0, 0.1) is 10.2 Å². The molecule has 3 atom stereocenters. The van der Waals surface area contributed by atoms with Crippen molar-refractivity contribution in [1.29, 1.82) is 5.26 Å². The van der Waals surface area contributed by atoms with Crippen LogP contribution in [-0.4, -0.2) is 51.8 Å². The number of phenols is 1. The van der Waals surface area contributed by atoms with E-state index in [1.54, 1.807) is 36.4 Å². The molecule has 2 heterocycles. The van der Waals surface area contributed by atoms with Gasteiger partial charge in [-0.3, -0.25) is 0 Å². The Labute approximate surface area is 265 Å². The quantitative estimate of drug-likeness (QED) is 0.127. The van der Waals surface area contributed by atoms with Crippen LogP contribution in [0.5, 0.6) is 11.5 Å². The summed E-state index contributed by atoms with van der Waals surface area (Å²) in [5, 5.41) is 21.1. The number of aromatic hydroxyl groups is 1. The number of benzene rings is 3. The molecule has 2 bridgehead atoms. The van der Waals surface area contributed by atoms with Crippen LogP contribution < -0.4 is 9.50 Å². The van der Waals surface area contributed by atoms with Gasteiger partial charge in [-0.05, 0) is 47.5 Å². The molecule has 2 N–H and O–H groups in total. The molecule has 1 fully saturated rings. The van der Waals surface area contributed by atoms with E-state index in [9.17, 15) is 31.5 Å². The molecule has 0 aliphatic carbocycles. The van der Waals surface area contributed by atoms with Gasteiger partial charge in [0.1, 0.15) is 22.9 Å². The number of hydrogen-bond donors (Lipinski definition) is 2. The van der Waals surface area contributed by atoms with Crippen molar-refractivity contribution in [3.05, 3.63) is 89.5 Å². The molecular formula is C32H29F3N2O6SSe. The zero-order chi connectivity index (χ0) is 32.2. The van der Waals surface area contributed by atoms with Crippen molar-refractivity contribution < 1.29 is 40.4 Å². The molecule has 1 amide bonds. The Morgan fingerprint density at radius 2 is 1.62 bits per heavy atom. The van der Waals surface area contributed by atoms with Crippen LogP contribution in [0.2, 0.25) is 5.32 Å². The van der Waals surface area contributed by atoms with Crippen LogP contribution in [0.1, 0.15) is 48.8 Å². The van der Waals surface area contributed by atoms with E-state index in [1.807, 2.05) is 0 Å². The number of nitrogens with one attached hydrogen (secondary N) is 1.